The summed E-state index contributed by atoms with van der Waals surface area (Å²) in [7, 11) is 0. The molecular formula is C14H13F3N4O3S3. The Bertz CT molecular complexity index is 799. The molecule has 0 aliphatic carbocycles. The number of nitrogens with two attached hydrogens (primary N) is 1. The van der Waals surface area contributed by atoms with Crippen LogP contribution in [0.5, 0.6) is 5.75 Å². The summed E-state index contributed by atoms with van der Waals surface area (Å²) in [5, 5.41) is 9.88. The Kier molecular flexibility index (Phi) is 7.33. The molecule has 0 saturated heterocycles. The number of primary amides is 1. The molecule has 1 aromatic carbocycles. The number of anilines is 1. The van der Waals surface area contributed by atoms with Gasteiger partial charge < -0.3 is 15.8 Å². The Morgan fingerprint density at radius 3 is 2.48 bits per heavy atom. The number of hydrogen-bond acceptors (Lipinski definition) is 8. The van der Waals surface area contributed by atoms with Crippen molar-refractivity contribution in [2.75, 3.05) is 11.1 Å². The highest BCUT2D eigenvalue weighted by molar-refractivity contribution is 8.04. The fourth-order valence-electron chi connectivity index (χ4n) is 1.62. The van der Waals surface area contributed by atoms with E-state index in [1.165, 1.54) is 35.2 Å². The van der Waals surface area contributed by atoms with Crippen LogP contribution >= 0.6 is 34.9 Å². The zero-order valence-electron chi connectivity index (χ0n) is 13.6. The number of halogens is 3. The Hall–Kier alpha value is -1.99. The number of carbonyl (C=O) groups is 2. The first-order chi connectivity index (χ1) is 12.6. The van der Waals surface area contributed by atoms with Crippen molar-refractivity contribution < 1.29 is 27.5 Å². The fourth-order valence-corrected chi connectivity index (χ4v) is 4.53. The second-order valence-electron chi connectivity index (χ2n) is 4.91. The van der Waals surface area contributed by atoms with Gasteiger partial charge in [-0.05, 0) is 31.2 Å². The van der Waals surface area contributed by atoms with Crippen LogP contribution in [0.4, 0.5) is 18.9 Å². The smallest absolute Gasteiger partial charge is 0.406 e. The molecule has 2 rings (SSSR count). The van der Waals surface area contributed by atoms with Gasteiger partial charge in [-0.3, -0.25) is 9.59 Å². The van der Waals surface area contributed by atoms with Gasteiger partial charge in [0, 0.05) is 5.69 Å². The molecule has 146 valence electrons. The quantitative estimate of drug-likeness (QED) is 0.610. The standard InChI is InChI=1S/C14H13F3N4O3S3/c1-7(26-13-21-20-12(27-13)25-6-10(18)22)11(23)19-8-2-4-9(5-3-8)24-14(15,16)17/h2-5,7H,6H2,1H3,(H2,18,22)(H,19,23). The molecule has 13 heteroatoms. The summed E-state index contributed by atoms with van der Waals surface area (Å²) in [4.78, 5) is 22.9. The zero-order valence-corrected chi connectivity index (χ0v) is 16.1. The van der Waals surface area contributed by atoms with Gasteiger partial charge in [0.25, 0.3) is 0 Å². The third-order valence-corrected chi connectivity index (χ3v) is 5.99. The molecule has 0 fully saturated rings. The van der Waals surface area contributed by atoms with Crippen LogP contribution in [0.1, 0.15) is 6.92 Å². The van der Waals surface area contributed by atoms with Crippen molar-refractivity contribution in [2.45, 2.75) is 27.2 Å². The first-order valence-corrected chi connectivity index (χ1v) is 9.88. The zero-order chi connectivity index (χ0) is 20.0. The number of alkyl halides is 3. The lowest BCUT2D eigenvalue weighted by molar-refractivity contribution is -0.274. The minimum Gasteiger partial charge on any atom is -0.406 e. The van der Waals surface area contributed by atoms with Crippen molar-refractivity contribution in [3.8, 4) is 5.75 Å². The van der Waals surface area contributed by atoms with Crippen LogP contribution < -0.4 is 15.8 Å². The Balaban J connectivity index is 1.87. The van der Waals surface area contributed by atoms with Crippen molar-refractivity contribution in [1.29, 1.82) is 0 Å². The summed E-state index contributed by atoms with van der Waals surface area (Å²) >= 11 is 3.55. The van der Waals surface area contributed by atoms with Crippen molar-refractivity contribution >= 4 is 52.4 Å². The topological polar surface area (TPSA) is 107 Å². The summed E-state index contributed by atoms with van der Waals surface area (Å²) in [5.41, 5.74) is 5.39. The Morgan fingerprint density at radius 1 is 1.26 bits per heavy atom. The van der Waals surface area contributed by atoms with Crippen molar-refractivity contribution in [2.24, 2.45) is 5.73 Å². The molecule has 0 bridgehead atoms. The van der Waals surface area contributed by atoms with Crippen molar-refractivity contribution in [3.05, 3.63) is 24.3 Å². The van der Waals surface area contributed by atoms with Crippen LogP contribution in [0.2, 0.25) is 0 Å². The third kappa shape index (κ3) is 7.64. The van der Waals surface area contributed by atoms with E-state index in [2.05, 4.69) is 20.3 Å². The SMILES string of the molecule is CC(Sc1nnc(SCC(N)=O)s1)C(=O)Nc1ccc(OC(F)(F)F)cc1. The van der Waals surface area contributed by atoms with Crippen molar-refractivity contribution in [1.82, 2.24) is 10.2 Å². The van der Waals surface area contributed by atoms with Gasteiger partial charge in [0.1, 0.15) is 5.75 Å². The van der Waals surface area contributed by atoms with Crippen LogP contribution in [-0.4, -0.2) is 39.4 Å². The molecule has 1 unspecified atom stereocenters. The predicted molar refractivity (Wildman–Crippen MR) is 96.9 cm³/mol. The van der Waals surface area contributed by atoms with Crippen molar-refractivity contribution in [3.63, 3.8) is 0 Å². The lowest BCUT2D eigenvalue weighted by Gasteiger charge is -2.12. The molecule has 1 aromatic heterocycles. The first kappa shape index (κ1) is 21.3. The van der Waals surface area contributed by atoms with E-state index in [-0.39, 0.29) is 17.4 Å². The largest absolute Gasteiger partial charge is 0.573 e. The number of nitrogens with zero attached hydrogens (tertiary/aromatic N) is 2. The molecule has 2 aromatic rings. The molecule has 3 N–H and O–H groups in total. The number of aromatic nitrogens is 2. The highest BCUT2D eigenvalue weighted by Crippen LogP contribution is 2.31. The Labute approximate surface area is 164 Å². The molecule has 1 heterocycles. The van der Waals surface area contributed by atoms with Crippen LogP contribution in [0.15, 0.2) is 32.9 Å². The van der Waals surface area contributed by atoms with E-state index in [4.69, 9.17) is 5.73 Å². The highest BCUT2D eigenvalue weighted by atomic mass is 32.2. The van der Waals surface area contributed by atoms with E-state index < -0.39 is 17.5 Å². The minimum absolute atomic E-state index is 0.0867. The fraction of sp³-hybridized carbons (Fsp3) is 0.286. The summed E-state index contributed by atoms with van der Waals surface area (Å²) in [6, 6.07) is 4.82. The second kappa shape index (κ2) is 9.28. The number of nitrogens with one attached hydrogen (secondary N) is 1. The normalized spacial score (nSPS) is 12.4. The summed E-state index contributed by atoms with van der Waals surface area (Å²) in [6.07, 6.45) is -4.77. The van der Waals surface area contributed by atoms with Gasteiger partial charge in [-0.25, -0.2) is 0 Å². The van der Waals surface area contributed by atoms with E-state index in [1.807, 2.05) is 0 Å². The van der Waals surface area contributed by atoms with Gasteiger partial charge in [-0.15, -0.1) is 23.4 Å². The maximum absolute atomic E-state index is 12.2. The lowest BCUT2D eigenvalue weighted by atomic mass is 10.3. The van der Waals surface area contributed by atoms with Crippen LogP contribution in [0.25, 0.3) is 0 Å². The average Bonchev–Trinajstić information content (AvgIpc) is 3.01. The monoisotopic (exact) mass is 438 g/mol. The van der Waals surface area contributed by atoms with Crippen LogP contribution in [-0.2, 0) is 9.59 Å². The number of carbonyl (C=O) groups excluding carboxylic acids is 2. The summed E-state index contributed by atoms with van der Waals surface area (Å²) in [5.74, 6) is -1.11. The number of amides is 2. The molecular weight excluding hydrogens is 425 g/mol. The van der Waals surface area contributed by atoms with E-state index in [0.29, 0.717) is 14.4 Å². The predicted octanol–water partition coefficient (Wildman–Crippen LogP) is 3.13. The number of benzene rings is 1. The van der Waals surface area contributed by atoms with Crippen LogP contribution in [0, 0.1) is 0 Å². The average molecular weight is 438 g/mol. The van der Waals surface area contributed by atoms with Crippen LogP contribution in [0.3, 0.4) is 0 Å². The van der Waals surface area contributed by atoms with Gasteiger partial charge in [0.15, 0.2) is 8.68 Å². The number of hydrogen-bond donors (Lipinski definition) is 2. The van der Waals surface area contributed by atoms with E-state index in [9.17, 15) is 22.8 Å². The molecule has 0 aliphatic heterocycles. The van der Waals surface area contributed by atoms with Gasteiger partial charge in [-0.1, -0.05) is 34.9 Å². The second-order valence-corrected chi connectivity index (χ2v) is 8.70. The maximum atomic E-state index is 12.2. The number of thioether (sulfide) groups is 2. The molecule has 0 saturated carbocycles. The Morgan fingerprint density at radius 2 is 1.89 bits per heavy atom. The number of ether oxygens (including phenoxy) is 1. The van der Waals surface area contributed by atoms with Gasteiger partial charge in [0.2, 0.25) is 11.8 Å². The highest BCUT2D eigenvalue weighted by Gasteiger charge is 2.31. The molecule has 7 nitrogen and oxygen atoms in total. The first-order valence-electron chi connectivity index (χ1n) is 7.20. The summed E-state index contributed by atoms with van der Waals surface area (Å²) < 4.78 is 41.2. The van der Waals surface area contributed by atoms with E-state index in [1.54, 1.807) is 6.92 Å². The molecule has 2 amide bonds. The summed E-state index contributed by atoms with van der Waals surface area (Å²) in [6.45, 7) is 1.65. The van der Waals surface area contributed by atoms with Gasteiger partial charge >= 0.3 is 6.36 Å². The molecule has 0 spiro atoms. The molecule has 1 atom stereocenters. The van der Waals surface area contributed by atoms with Gasteiger partial charge in [-0.2, -0.15) is 0 Å². The molecule has 27 heavy (non-hydrogen) atoms. The van der Waals surface area contributed by atoms with E-state index in [0.717, 1.165) is 23.9 Å². The lowest BCUT2D eigenvalue weighted by Crippen LogP contribution is -2.22. The van der Waals surface area contributed by atoms with Gasteiger partial charge in [0.05, 0.1) is 11.0 Å². The molecule has 0 radical (unpaired) electrons. The number of rotatable bonds is 8. The minimum atomic E-state index is -4.77. The maximum Gasteiger partial charge on any atom is 0.573 e. The molecule has 0 aliphatic rings. The third-order valence-electron chi connectivity index (χ3n) is 2.73. The van der Waals surface area contributed by atoms with E-state index >= 15 is 0 Å².